The van der Waals surface area contributed by atoms with Gasteiger partial charge in [-0.3, -0.25) is 0 Å². The molecule has 0 spiro atoms. The molecule has 15 heavy (non-hydrogen) atoms. The van der Waals surface area contributed by atoms with Gasteiger partial charge >= 0.3 is 0 Å². The summed E-state index contributed by atoms with van der Waals surface area (Å²) in [5, 5.41) is 0. The molecular weight excluding hydrogens is 188 g/mol. The third kappa shape index (κ3) is 2.25. The fraction of sp³-hybridized carbons (Fsp3) is 0.538. The second kappa shape index (κ2) is 3.76. The van der Waals surface area contributed by atoms with E-state index in [1.54, 1.807) is 7.11 Å². The summed E-state index contributed by atoms with van der Waals surface area (Å²) >= 11 is 0. The first kappa shape index (κ1) is 10.3. The van der Waals surface area contributed by atoms with Crippen molar-refractivity contribution < 1.29 is 9.47 Å². The summed E-state index contributed by atoms with van der Waals surface area (Å²) in [6.07, 6.45) is 2.23. The molecule has 0 saturated heterocycles. The average molecular weight is 206 g/mol. The number of ether oxygens (including phenoxy) is 2. The van der Waals surface area contributed by atoms with E-state index in [2.05, 4.69) is 19.9 Å². The van der Waals surface area contributed by atoms with Crippen LogP contribution in [0.15, 0.2) is 18.2 Å². The number of hydrogen-bond donors (Lipinski definition) is 0. The predicted octanol–water partition coefficient (Wildman–Crippen LogP) is 3.05. The highest BCUT2D eigenvalue weighted by molar-refractivity contribution is 5.41. The van der Waals surface area contributed by atoms with Crippen molar-refractivity contribution in [2.75, 3.05) is 13.7 Å². The lowest BCUT2D eigenvalue weighted by molar-refractivity contribution is 0.182. The number of rotatable bonds is 1. The van der Waals surface area contributed by atoms with Gasteiger partial charge in [-0.05, 0) is 42.0 Å². The SMILES string of the molecule is COc1ccc2c(c1)CCC(C)(C)CO2. The molecule has 2 rings (SSSR count). The Morgan fingerprint density at radius 3 is 2.87 bits per heavy atom. The standard InChI is InChI=1S/C13H18O2/c1-13(2)7-6-10-8-11(14-3)4-5-12(10)15-9-13/h4-5,8H,6-7,9H2,1-3H3. The van der Waals surface area contributed by atoms with Crippen molar-refractivity contribution in [3.05, 3.63) is 23.8 Å². The molecule has 0 radical (unpaired) electrons. The normalized spacial score (nSPS) is 18.6. The Kier molecular flexibility index (Phi) is 2.59. The van der Waals surface area contributed by atoms with Crippen molar-refractivity contribution in [2.45, 2.75) is 26.7 Å². The number of aryl methyl sites for hydroxylation is 1. The Morgan fingerprint density at radius 1 is 1.33 bits per heavy atom. The zero-order chi connectivity index (χ0) is 10.9. The summed E-state index contributed by atoms with van der Waals surface area (Å²) in [6.45, 7) is 5.29. The summed E-state index contributed by atoms with van der Waals surface area (Å²) in [6, 6.07) is 6.05. The molecular formula is C13H18O2. The van der Waals surface area contributed by atoms with Crippen molar-refractivity contribution in [3.63, 3.8) is 0 Å². The molecule has 1 aromatic rings. The first-order valence-corrected chi connectivity index (χ1v) is 5.40. The Labute approximate surface area is 91.2 Å². The van der Waals surface area contributed by atoms with Crippen LogP contribution in [0.5, 0.6) is 11.5 Å². The van der Waals surface area contributed by atoms with E-state index in [1.165, 1.54) is 5.56 Å². The lowest BCUT2D eigenvalue weighted by Crippen LogP contribution is -2.19. The van der Waals surface area contributed by atoms with Crippen LogP contribution in [0.25, 0.3) is 0 Å². The van der Waals surface area contributed by atoms with Crippen LogP contribution in [-0.2, 0) is 6.42 Å². The summed E-state index contributed by atoms with van der Waals surface area (Å²) in [5.41, 5.74) is 1.53. The third-order valence-corrected chi connectivity index (χ3v) is 2.96. The average Bonchev–Trinajstić information content (AvgIpc) is 2.38. The van der Waals surface area contributed by atoms with Crippen LogP contribution in [0.2, 0.25) is 0 Å². The Balaban J connectivity index is 2.27. The highest BCUT2D eigenvalue weighted by atomic mass is 16.5. The molecule has 82 valence electrons. The highest BCUT2D eigenvalue weighted by Gasteiger charge is 2.23. The molecule has 2 heteroatoms. The number of benzene rings is 1. The van der Waals surface area contributed by atoms with Crippen LogP contribution < -0.4 is 9.47 Å². The van der Waals surface area contributed by atoms with Crippen LogP contribution in [0.1, 0.15) is 25.8 Å². The minimum Gasteiger partial charge on any atom is -0.497 e. The van der Waals surface area contributed by atoms with E-state index in [0.29, 0.717) is 0 Å². The van der Waals surface area contributed by atoms with E-state index in [-0.39, 0.29) is 5.41 Å². The Bertz CT molecular complexity index is 356. The minimum atomic E-state index is 0.270. The number of methoxy groups -OCH3 is 1. The van der Waals surface area contributed by atoms with Gasteiger partial charge in [-0.1, -0.05) is 13.8 Å². The van der Waals surface area contributed by atoms with Gasteiger partial charge in [-0.15, -0.1) is 0 Å². The van der Waals surface area contributed by atoms with Gasteiger partial charge in [0.15, 0.2) is 0 Å². The lowest BCUT2D eigenvalue weighted by atomic mass is 9.88. The predicted molar refractivity (Wildman–Crippen MR) is 60.6 cm³/mol. The first-order chi connectivity index (χ1) is 7.11. The smallest absolute Gasteiger partial charge is 0.122 e. The largest absolute Gasteiger partial charge is 0.497 e. The van der Waals surface area contributed by atoms with Gasteiger partial charge in [0, 0.05) is 0 Å². The first-order valence-electron chi connectivity index (χ1n) is 5.40. The van der Waals surface area contributed by atoms with E-state index in [0.717, 1.165) is 30.9 Å². The van der Waals surface area contributed by atoms with Gasteiger partial charge in [-0.25, -0.2) is 0 Å². The second-order valence-corrected chi connectivity index (χ2v) is 4.93. The summed E-state index contributed by atoms with van der Waals surface area (Å²) in [7, 11) is 1.70. The van der Waals surface area contributed by atoms with Crippen molar-refractivity contribution in [2.24, 2.45) is 5.41 Å². The van der Waals surface area contributed by atoms with Gasteiger partial charge < -0.3 is 9.47 Å². The zero-order valence-electron chi connectivity index (χ0n) is 9.67. The molecule has 1 aliphatic rings. The van der Waals surface area contributed by atoms with Gasteiger partial charge in [-0.2, -0.15) is 0 Å². The van der Waals surface area contributed by atoms with Gasteiger partial charge in [0.1, 0.15) is 11.5 Å². The lowest BCUT2D eigenvalue weighted by Gasteiger charge is -2.20. The van der Waals surface area contributed by atoms with Crippen LogP contribution in [0, 0.1) is 5.41 Å². The van der Waals surface area contributed by atoms with Crippen molar-refractivity contribution >= 4 is 0 Å². The molecule has 1 heterocycles. The summed E-state index contributed by atoms with van der Waals surface area (Å²) in [5.74, 6) is 1.93. The van der Waals surface area contributed by atoms with Gasteiger partial charge in [0.25, 0.3) is 0 Å². The molecule has 0 saturated carbocycles. The Hall–Kier alpha value is -1.18. The number of fused-ring (bicyclic) bond motifs is 1. The van der Waals surface area contributed by atoms with Crippen LogP contribution in [0.3, 0.4) is 0 Å². The maximum atomic E-state index is 5.81. The van der Waals surface area contributed by atoms with E-state index in [9.17, 15) is 0 Å². The summed E-state index contributed by atoms with van der Waals surface area (Å²) in [4.78, 5) is 0. The molecule has 1 aliphatic heterocycles. The van der Waals surface area contributed by atoms with Crippen molar-refractivity contribution in [1.29, 1.82) is 0 Å². The van der Waals surface area contributed by atoms with Gasteiger partial charge in [0.05, 0.1) is 13.7 Å². The molecule has 0 atom stereocenters. The molecule has 0 bridgehead atoms. The maximum Gasteiger partial charge on any atom is 0.122 e. The fourth-order valence-corrected chi connectivity index (χ4v) is 1.84. The van der Waals surface area contributed by atoms with E-state index < -0.39 is 0 Å². The highest BCUT2D eigenvalue weighted by Crippen LogP contribution is 2.34. The van der Waals surface area contributed by atoms with Crippen molar-refractivity contribution in [1.82, 2.24) is 0 Å². The monoisotopic (exact) mass is 206 g/mol. The fourth-order valence-electron chi connectivity index (χ4n) is 1.84. The molecule has 0 N–H and O–H groups in total. The molecule has 0 unspecified atom stereocenters. The van der Waals surface area contributed by atoms with Crippen LogP contribution >= 0.6 is 0 Å². The third-order valence-electron chi connectivity index (χ3n) is 2.96. The molecule has 1 aromatic carbocycles. The maximum absolute atomic E-state index is 5.81. The quantitative estimate of drug-likeness (QED) is 0.703. The molecule has 0 amide bonds. The van der Waals surface area contributed by atoms with E-state index >= 15 is 0 Å². The molecule has 2 nitrogen and oxygen atoms in total. The minimum absolute atomic E-state index is 0.270. The molecule has 0 fully saturated rings. The Morgan fingerprint density at radius 2 is 2.13 bits per heavy atom. The second-order valence-electron chi connectivity index (χ2n) is 4.93. The van der Waals surface area contributed by atoms with Crippen LogP contribution in [-0.4, -0.2) is 13.7 Å². The van der Waals surface area contributed by atoms with E-state index in [4.69, 9.17) is 9.47 Å². The molecule has 0 aliphatic carbocycles. The van der Waals surface area contributed by atoms with Crippen LogP contribution in [0.4, 0.5) is 0 Å². The topological polar surface area (TPSA) is 18.5 Å². The molecule has 0 aromatic heterocycles. The number of hydrogen-bond acceptors (Lipinski definition) is 2. The van der Waals surface area contributed by atoms with Crippen molar-refractivity contribution in [3.8, 4) is 11.5 Å². The van der Waals surface area contributed by atoms with E-state index in [1.807, 2.05) is 12.1 Å². The van der Waals surface area contributed by atoms with Gasteiger partial charge in [0.2, 0.25) is 0 Å². The summed E-state index contributed by atoms with van der Waals surface area (Å²) < 4.78 is 11.0. The zero-order valence-corrected chi connectivity index (χ0v) is 9.67.